The van der Waals surface area contributed by atoms with Crippen LogP contribution in [0.1, 0.15) is 24.9 Å². The summed E-state index contributed by atoms with van der Waals surface area (Å²) in [6, 6.07) is -0.175. The second kappa shape index (κ2) is 2.84. The van der Waals surface area contributed by atoms with Gasteiger partial charge in [-0.2, -0.15) is 0 Å². The van der Waals surface area contributed by atoms with E-state index in [4.69, 9.17) is 5.73 Å². The SMILES string of the molecule is CC[C@@H](N)c1c[nH]cc1F. The van der Waals surface area contributed by atoms with Crippen LogP contribution in [0.2, 0.25) is 0 Å². The quantitative estimate of drug-likeness (QED) is 0.646. The van der Waals surface area contributed by atoms with Crippen molar-refractivity contribution in [2.75, 3.05) is 0 Å². The standard InChI is InChI=1S/C7H11FN2/c1-2-7(9)5-3-10-4-6(5)8/h3-4,7,10H,2,9H2,1H3/t7-/m1/s1. The molecule has 0 saturated heterocycles. The molecular weight excluding hydrogens is 131 g/mol. The molecule has 0 saturated carbocycles. The molecule has 10 heavy (non-hydrogen) atoms. The molecule has 56 valence electrons. The van der Waals surface area contributed by atoms with Crippen molar-refractivity contribution in [1.82, 2.24) is 4.98 Å². The van der Waals surface area contributed by atoms with E-state index in [2.05, 4.69) is 4.98 Å². The van der Waals surface area contributed by atoms with Gasteiger partial charge in [-0.25, -0.2) is 4.39 Å². The molecule has 1 rings (SSSR count). The molecule has 0 aliphatic heterocycles. The molecule has 0 bridgehead atoms. The van der Waals surface area contributed by atoms with Gasteiger partial charge in [-0.15, -0.1) is 0 Å². The van der Waals surface area contributed by atoms with Gasteiger partial charge >= 0.3 is 0 Å². The number of H-pyrrole nitrogens is 1. The summed E-state index contributed by atoms with van der Waals surface area (Å²) in [4.78, 5) is 2.66. The minimum atomic E-state index is -0.241. The lowest BCUT2D eigenvalue weighted by Crippen LogP contribution is -2.08. The summed E-state index contributed by atoms with van der Waals surface area (Å²) in [6.07, 6.45) is 3.67. The lowest BCUT2D eigenvalue weighted by molar-refractivity contribution is 0.581. The van der Waals surface area contributed by atoms with Gasteiger partial charge in [0.15, 0.2) is 0 Å². The molecule has 1 aromatic rings. The number of rotatable bonds is 2. The second-order valence-electron chi connectivity index (χ2n) is 2.27. The summed E-state index contributed by atoms with van der Waals surface area (Å²) in [7, 11) is 0. The molecule has 0 unspecified atom stereocenters. The number of aromatic nitrogens is 1. The van der Waals surface area contributed by atoms with Gasteiger partial charge in [0.2, 0.25) is 0 Å². The molecule has 1 aromatic heterocycles. The fourth-order valence-electron chi connectivity index (χ4n) is 0.861. The highest BCUT2D eigenvalue weighted by Crippen LogP contribution is 2.15. The van der Waals surface area contributed by atoms with Gasteiger partial charge in [0.05, 0.1) is 0 Å². The zero-order valence-electron chi connectivity index (χ0n) is 5.89. The van der Waals surface area contributed by atoms with E-state index in [1.165, 1.54) is 6.20 Å². The van der Waals surface area contributed by atoms with Crippen LogP contribution in [-0.2, 0) is 0 Å². The maximum Gasteiger partial charge on any atom is 0.145 e. The Hall–Kier alpha value is -0.830. The van der Waals surface area contributed by atoms with Gasteiger partial charge in [-0.1, -0.05) is 6.92 Å². The van der Waals surface area contributed by atoms with Crippen LogP contribution in [0.4, 0.5) is 4.39 Å². The molecule has 1 heterocycles. The van der Waals surface area contributed by atoms with Crippen LogP contribution in [0.5, 0.6) is 0 Å². The summed E-state index contributed by atoms with van der Waals surface area (Å²) in [5, 5.41) is 0. The van der Waals surface area contributed by atoms with Gasteiger partial charge in [-0.3, -0.25) is 0 Å². The lowest BCUT2D eigenvalue weighted by atomic mass is 10.1. The van der Waals surface area contributed by atoms with E-state index >= 15 is 0 Å². The van der Waals surface area contributed by atoms with Crippen LogP contribution in [-0.4, -0.2) is 4.98 Å². The Kier molecular flexibility index (Phi) is 2.06. The van der Waals surface area contributed by atoms with Crippen molar-refractivity contribution in [3.05, 3.63) is 23.8 Å². The first kappa shape index (κ1) is 7.28. The predicted molar refractivity (Wildman–Crippen MR) is 38.0 cm³/mol. The molecule has 2 nitrogen and oxygen atoms in total. The summed E-state index contributed by atoms with van der Waals surface area (Å²) < 4.78 is 12.7. The number of hydrogen-bond donors (Lipinski definition) is 2. The average molecular weight is 142 g/mol. The van der Waals surface area contributed by atoms with Crippen LogP contribution < -0.4 is 5.73 Å². The lowest BCUT2D eigenvalue weighted by Gasteiger charge is -2.04. The van der Waals surface area contributed by atoms with E-state index in [0.717, 1.165) is 6.42 Å². The summed E-state index contributed by atoms with van der Waals surface area (Å²) in [6.45, 7) is 1.93. The Morgan fingerprint density at radius 3 is 2.80 bits per heavy atom. The number of halogens is 1. The molecule has 1 atom stereocenters. The van der Waals surface area contributed by atoms with E-state index in [1.54, 1.807) is 6.20 Å². The van der Waals surface area contributed by atoms with Gasteiger partial charge in [-0.05, 0) is 6.42 Å². The summed E-state index contributed by atoms with van der Waals surface area (Å²) >= 11 is 0. The largest absolute Gasteiger partial charge is 0.365 e. The molecule has 0 radical (unpaired) electrons. The van der Waals surface area contributed by atoms with Crippen molar-refractivity contribution in [3.8, 4) is 0 Å². The number of hydrogen-bond acceptors (Lipinski definition) is 1. The zero-order valence-corrected chi connectivity index (χ0v) is 5.89. The Labute approximate surface area is 59.2 Å². The van der Waals surface area contributed by atoms with Crippen molar-refractivity contribution in [2.24, 2.45) is 5.73 Å². The normalized spacial score (nSPS) is 13.5. The van der Waals surface area contributed by atoms with Gasteiger partial charge < -0.3 is 10.7 Å². The highest BCUT2D eigenvalue weighted by Gasteiger charge is 2.08. The smallest absolute Gasteiger partial charge is 0.145 e. The Balaban J connectivity index is 2.82. The topological polar surface area (TPSA) is 41.8 Å². The van der Waals surface area contributed by atoms with Crippen molar-refractivity contribution < 1.29 is 4.39 Å². The number of nitrogens with one attached hydrogen (secondary N) is 1. The third kappa shape index (κ3) is 1.19. The van der Waals surface area contributed by atoms with Gasteiger partial charge in [0, 0.05) is 24.0 Å². The van der Waals surface area contributed by atoms with Crippen LogP contribution in [0.25, 0.3) is 0 Å². The minimum Gasteiger partial charge on any atom is -0.365 e. The molecule has 3 heteroatoms. The fourth-order valence-corrected chi connectivity index (χ4v) is 0.861. The summed E-state index contributed by atoms with van der Waals surface area (Å²) in [5.41, 5.74) is 6.15. The molecular formula is C7H11FN2. The molecule has 0 aliphatic carbocycles. The van der Waals surface area contributed by atoms with Crippen molar-refractivity contribution in [1.29, 1.82) is 0 Å². The second-order valence-corrected chi connectivity index (χ2v) is 2.27. The Morgan fingerprint density at radius 1 is 1.70 bits per heavy atom. The van der Waals surface area contributed by atoms with Crippen molar-refractivity contribution in [3.63, 3.8) is 0 Å². The molecule has 0 amide bonds. The number of aromatic amines is 1. The van der Waals surface area contributed by atoms with E-state index < -0.39 is 0 Å². The maximum atomic E-state index is 12.7. The van der Waals surface area contributed by atoms with E-state index in [0.29, 0.717) is 5.56 Å². The first-order valence-corrected chi connectivity index (χ1v) is 3.33. The van der Waals surface area contributed by atoms with Crippen LogP contribution in [0.3, 0.4) is 0 Å². The molecule has 0 aliphatic rings. The maximum absolute atomic E-state index is 12.7. The predicted octanol–water partition coefficient (Wildman–Crippen LogP) is 1.56. The van der Waals surface area contributed by atoms with E-state index in [1.807, 2.05) is 6.92 Å². The van der Waals surface area contributed by atoms with Crippen LogP contribution >= 0.6 is 0 Å². The van der Waals surface area contributed by atoms with Gasteiger partial charge in [0.1, 0.15) is 5.82 Å². The van der Waals surface area contributed by atoms with E-state index in [9.17, 15) is 4.39 Å². The van der Waals surface area contributed by atoms with Crippen LogP contribution in [0, 0.1) is 5.82 Å². The Morgan fingerprint density at radius 2 is 2.40 bits per heavy atom. The van der Waals surface area contributed by atoms with Gasteiger partial charge in [0.25, 0.3) is 0 Å². The highest BCUT2D eigenvalue weighted by molar-refractivity contribution is 5.15. The minimum absolute atomic E-state index is 0.175. The third-order valence-corrected chi connectivity index (χ3v) is 1.56. The average Bonchev–Trinajstić information content (AvgIpc) is 2.34. The van der Waals surface area contributed by atoms with E-state index in [-0.39, 0.29) is 11.9 Å². The van der Waals surface area contributed by atoms with Crippen molar-refractivity contribution in [2.45, 2.75) is 19.4 Å². The molecule has 3 N–H and O–H groups in total. The first-order chi connectivity index (χ1) is 4.75. The third-order valence-electron chi connectivity index (χ3n) is 1.56. The Bertz CT molecular complexity index is 207. The first-order valence-electron chi connectivity index (χ1n) is 3.33. The monoisotopic (exact) mass is 142 g/mol. The summed E-state index contributed by atoms with van der Waals surface area (Å²) in [5.74, 6) is -0.241. The van der Waals surface area contributed by atoms with Crippen molar-refractivity contribution >= 4 is 0 Å². The van der Waals surface area contributed by atoms with Crippen LogP contribution in [0.15, 0.2) is 12.4 Å². The number of nitrogens with two attached hydrogens (primary N) is 1. The fraction of sp³-hybridized carbons (Fsp3) is 0.429. The highest BCUT2D eigenvalue weighted by atomic mass is 19.1. The zero-order chi connectivity index (χ0) is 7.56. The molecule has 0 fully saturated rings. The molecule has 0 spiro atoms. The molecule has 0 aromatic carbocycles.